The SMILES string of the molecule is O=C(O)CN(CCN(CC(=O)O)CC(=O)O)CCN(CC(=O)O)CC(=O)NCC(=O)N(CC(=O)Nc1c(I)cc(I)c(C(=O)O)c1I)CC(=O)Nc1c(I)cc(I)c(C(=O)O)c1I. The predicted molar refractivity (Wildman–Crippen MR) is 270 cm³/mol. The summed E-state index contributed by atoms with van der Waals surface area (Å²) >= 11 is 10.9. The van der Waals surface area contributed by atoms with Crippen LogP contribution in [0, 0.1) is 21.4 Å². The lowest BCUT2D eigenvalue weighted by atomic mass is 10.2. The van der Waals surface area contributed by atoms with Gasteiger partial charge in [-0.25, -0.2) is 9.59 Å². The van der Waals surface area contributed by atoms with Crippen molar-refractivity contribution in [2.75, 3.05) is 89.2 Å². The molecule has 0 fully saturated rings. The Morgan fingerprint density at radius 3 is 1.13 bits per heavy atom. The molecule has 0 heterocycles. The number of anilines is 2. The Morgan fingerprint density at radius 2 is 0.778 bits per heavy atom. The van der Waals surface area contributed by atoms with Crippen molar-refractivity contribution in [3.63, 3.8) is 0 Å². The second-order valence-electron chi connectivity index (χ2n) is 12.8. The summed E-state index contributed by atoms with van der Waals surface area (Å²) in [5, 5.41) is 64.0. The first-order valence-electron chi connectivity index (χ1n) is 17.3. The Kier molecular flexibility index (Phi) is 24.4. The van der Waals surface area contributed by atoms with Crippen LogP contribution in [-0.4, -0.2) is 188 Å². The van der Waals surface area contributed by atoms with Gasteiger partial charge in [0.25, 0.3) is 0 Å². The van der Waals surface area contributed by atoms with E-state index in [0.29, 0.717) is 14.3 Å². The maximum atomic E-state index is 13.6. The number of carboxylic acids is 6. The minimum Gasteiger partial charge on any atom is -0.480 e. The summed E-state index contributed by atoms with van der Waals surface area (Å²) < 4.78 is 2.04. The van der Waals surface area contributed by atoms with E-state index in [2.05, 4.69) is 16.0 Å². The smallest absolute Gasteiger partial charge is 0.337 e. The molecule has 23 nitrogen and oxygen atoms in total. The van der Waals surface area contributed by atoms with Crippen LogP contribution in [-0.2, 0) is 38.4 Å². The predicted octanol–water partition coefficient (Wildman–Crippen LogP) is 1.48. The van der Waals surface area contributed by atoms with Gasteiger partial charge in [0.05, 0.1) is 68.9 Å². The highest BCUT2D eigenvalue weighted by Crippen LogP contribution is 2.33. The summed E-state index contributed by atoms with van der Waals surface area (Å²) in [7, 11) is 0. The lowest BCUT2D eigenvalue weighted by Crippen LogP contribution is -2.49. The lowest BCUT2D eigenvalue weighted by Gasteiger charge is -2.27. The first kappa shape index (κ1) is 56.5. The molecular formula is C34H35I6N7O16. The van der Waals surface area contributed by atoms with Crippen molar-refractivity contribution in [3.8, 4) is 0 Å². The number of aromatic carboxylic acids is 2. The molecule has 4 amide bonds. The molecule has 2 rings (SSSR count). The van der Waals surface area contributed by atoms with Crippen LogP contribution in [0.2, 0.25) is 0 Å². The molecule has 0 aromatic heterocycles. The molecule has 2 aromatic carbocycles. The lowest BCUT2D eigenvalue weighted by molar-refractivity contribution is -0.143. The fourth-order valence-electron chi connectivity index (χ4n) is 5.31. The summed E-state index contributed by atoms with van der Waals surface area (Å²) in [5.74, 6) is -11.4. The zero-order chi connectivity index (χ0) is 47.9. The van der Waals surface area contributed by atoms with Gasteiger partial charge in [-0.2, -0.15) is 0 Å². The van der Waals surface area contributed by atoms with E-state index < -0.39 is 112 Å². The van der Waals surface area contributed by atoms with Gasteiger partial charge in [-0.1, -0.05) is 0 Å². The van der Waals surface area contributed by atoms with Gasteiger partial charge in [-0.05, 0) is 148 Å². The summed E-state index contributed by atoms with van der Waals surface area (Å²) in [6.45, 7) is -6.42. The fraction of sp³-hybridized carbons (Fsp3) is 0.353. The van der Waals surface area contributed by atoms with E-state index in [9.17, 15) is 68.4 Å². The third kappa shape index (κ3) is 19.4. The second kappa shape index (κ2) is 27.1. The van der Waals surface area contributed by atoms with Crippen molar-refractivity contribution >= 4 is 206 Å². The quantitative estimate of drug-likeness (QED) is 0.0602. The number of carbonyl (C=O) groups excluding carboxylic acids is 4. The van der Waals surface area contributed by atoms with Crippen LogP contribution in [0.5, 0.6) is 0 Å². The van der Waals surface area contributed by atoms with Crippen LogP contribution in [0.3, 0.4) is 0 Å². The Hall–Kier alpha value is -2.60. The second-order valence-corrected chi connectivity index (χ2v) is 19.6. The van der Waals surface area contributed by atoms with Crippen LogP contribution in [0.25, 0.3) is 0 Å². The van der Waals surface area contributed by atoms with Crippen LogP contribution < -0.4 is 16.0 Å². The molecule has 344 valence electrons. The van der Waals surface area contributed by atoms with Crippen LogP contribution >= 0.6 is 136 Å². The third-order valence-electron chi connectivity index (χ3n) is 8.02. The highest BCUT2D eigenvalue weighted by molar-refractivity contribution is 14.1. The number of nitrogens with zero attached hydrogens (tertiary/aromatic N) is 4. The highest BCUT2D eigenvalue weighted by Gasteiger charge is 2.27. The molecule has 9 N–H and O–H groups in total. The van der Waals surface area contributed by atoms with Gasteiger partial charge in [0, 0.05) is 40.5 Å². The van der Waals surface area contributed by atoms with Crippen LogP contribution in [0.1, 0.15) is 20.7 Å². The number of benzene rings is 2. The van der Waals surface area contributed by atoms with Gasteiger partial charge < -0.3 is 51.5 Å². The van der Waals surface area contributed by atoms with E-state index in [0.717, 1.165) is 14.7 Å². The summed E-state index contributed by atoms with van der Waals surface area (Å²) in [6.07, 6.45) is 0. The van der Waals surface area contributed by atoms with Crippen molar-refractivity contribution in [1.82, 2.24) is 24.9 Å². The minimum atomic E-state index is -1.37. The summed E-state index contributed by atoms with van der Waals surface area (Å²) in [4.78, 5) is 127. The van der Waals surface area contributed by atoms with Crippen molar-refractivity contribution in [2.45, 2.75) is 0 Å². The van der Waals surface area contributed by atoms with Crippen molar-refractivity contribution in [2.24, 2.45) is 0 Å². The number of hydrogen-bond donors (Lipinski definition) is 9. The number of carboxylic acid groups (broad SMARTS) is 6. The van der Waals surface area contributed by atoms with E-state index >= 15 is 0 Å². The van der Waals surface area contributed by atoms with E-state index in [1.807, 2.05) is 90.4 Å². The van der Waals surface area contributed by atoms with Gasteiger partial charge in [-0.15, -0.1) is 0 Å². The van der Waals surface area contributed by atoms with Gasteiger partial charge >= 0.3 is 35.8 Å². The Morgan fingerprint density at radius 1 is 0.444 bits per heavy atom. The molecule has 0 unspecified atom stereocenters. The molecule has 0 aliphatic heterocycles. The van der Waals surface area contributed by atoms with Crippen LogP contribution in [0.4, 0.5) is 11.4 Å². The van der Waals surface area contributed by atoms with Crippen molar-refractivity contribution < 1.29 is 78.6 Å². The molecule has 0 atom stereocenters. The molecule has 0 radical (unpaired) electrons. The maximum absolute atomic E-state index is 13.6. The number of rotatable bonds is 26. The van der Waals surface area contributed by atoms with E-state index in [1.165, 1.54) is 17.0 Å². The number of amides is 4. The minimum absolute atomic E-state index is 0.0888. The summed E-state index contributed by atoms with van der Waals surface area (Å²) in [6, 6.07) is 3.03. The Bertz CT molecular complexity index is 2060. The van der Waals surface area contributed by atoms with Gasteiger partial charge in [0.2, 0.25) is 23.6 Å². The number of carbonyl (C=O) groups is 10. The molecule has 2 aromatic rings. The number of halogens is 6. The third-order valence-corrected chi connectivity index (χ3v) is 13.6. The first-order chi connectivity index (χ1) is 29.3. The standard InChI is InChI=1S/C34H35I6N7O16/c35-15-5-17(37)31(29(39)27(15)33(60)61)42-20(49)9-47(10-21(50)43-32-18(38)6-16(36)28(30(32)40)34(62)63)22(51)7-41-19(48)8-45(12-24(54)55)3-1-44(11-23(52)53)2-4-46(13-25(56)57)14-26(58)59/h5-6H,1-4,7-14H2,(H,41,48)(H,42,49)(H,43,50)(H,52,53)(H,54,55)(H,56,57)(H,58,59)(H,60,61)(H,62,63). The van der Waals surface area contributed by atoms with E-state index in [1.54, 1.807) is 45.2 Å². The molecule has 0 bridgehead atoms. The number of aliphatic carboxylic acids is 4. The molecule has 63 heavy (non-hydrogen) atoms. The van der Waals surface area contributed by atoms with Crippen LogP contribution in [0.15, 0.2) is 12.1 Å². The normalized spacial score (nSPS) is 11.0. The molecule has 0 saturated heterocycles. The Balaban J connectivity index is 2.31. The average molecular weight is 1560 g/mol. The van der Waals surface area contributed by atoms with Gasteiger partial charge in [0.15, 0.2) is 0 Å². The number of nitrogens with one attached hydrogen (secondary N) is 3. The van der Waals surface area contributed by atoms with Gasteiger partial charge in [-0.3, -0.25) is 53.1 Å². The number of hydrogen-bond acceptors (Lipinski definition) is 13. The van der Waals surface area contributed by atoms with E-state index in [-0.39, 0.29) is 55.8 Å². The van der Waals surface area contributed by atoms with Gasteiger partial charge in [0.1, 0.15) is 13.1 Å². The summed E-state index contributed by atoms with van der Waals surface area (Å²) in [5.41, 5.74) is 0.0569. The zero-order valence-electron chi connectivity index (χ0n) is 32.0. The molecule has 29 heteroatoms. The topological polar surface area (TPSA) is 341 Å². The Labute approximate surface area is 438 Å². The molecule has 0 saturated carbocycles. The van der Waals surface area contributed by atoms with E-state index in [4.69, 9.17) is 10.2 Å². The highest BCUT2D eigenvalue weighted by atomic mass is 127. The monoisotopic (exact) mass is 1560 g/mol. The maximum Gasteiger partial charge on any atom is 0.337 e. The molecule has 0 spiro atoms. The van der Waals surface area contributed by atoms with Crippen molar-refractivity contribution in [3.05, 3.63) is 44.7 Å². The largest absolute Gasteiger partial charge is 0.480 e. The average Bonchev–Trinajstić information content (AvgIpc) is 3.13. The zero-order valence-corrected chi connectivity index (χ0v) is 44.9. The first-order valence-corrected chi connectivity index (χ1v) is 23.8. The molecule has 0 aliphatic carbocycles. The van der Waals surface area contributed by atoms with Crippen molar-refractivity contribution in [1.29, 1.82) is 0 Å². The molecule has 0 aliphatic rings. The molecular weight excluding hydrogens is 1520 g/mol. The fourth-order valence-corrected chi connectivity index (χ4v) is 13.5.